The molecule has 0 aromatic carbocycles. The topological polar surface area (TPSA) is 116 Å². The van der Waals surface area contributed by atoms with E-state index >= 15 is 0 Å². The van der Waals surface area contributed by atoms with Crippen molar-refractivity contribution in [3.05, 3.63) is 0 Å². The van der Waals surface area contributed by atoms with Crippen molar-refractivity contribution in [2.45, 2.75) is 88.2 Å². The number of ether oxygens (including phenoxy) is 1. The normalized spacial score (nSPS) is 33.7. The van der Waals surface area contributed by atoms with Crippen LogP contribution in [0.15, 0.2) is 0 Å². The summed E-state index contributed by atoms with van der Waals surface area (Å²) in [5.41, 5.74) is -0.821. The van der Waals surface area contributed by atoms with Gasteiger partial charge < -0.3 is 4.74 Å². The average Bonchev–Trinajstić information content (AvgIpc) is 2.70. The molecule has 0 radical (unpaired) electrons. The fourth-order valence-electron chi connectivity index (χ4n) is 6.48. The highest BCUT2D eigenvalue weighted by Crippen LogP contribution is 2.60. The first-order valence-electron chi connectivity index (χ1n) is 11.5. The van der Waals surface area contributed by atoms with Gasteiger partial charge in [-0.2, -0.15) is 17.2 Å². The molecule has 13 heteroatoms. The molecule has 5 aliphatic rings. The van der Waals surface area contributed by atoms with Crippen molar-refractivity contribution < 1.29 is 43.7 Å². The number of halogens is 3. The second-order valence-corrected chi connectivity index (χ2v) is 13.5. The van der Waals surface area contributed by atoms with E-state index in [-0.39, 0.29) is 0 Å². The number of nitrogens with one attached hydrogen (secondary N) is 1. The average molecular weight is 518 g/mol. The van der Waals surface area contributed by atoms with E-state index < -0.39 is 55.8 Å². The van der Waals surface area contributed by atoms with Gasteiger partial charge in [-0.3, -0.25) is 8.98 Å². The highest BCUT2D eigenvalue weighted by molar-refractivity contribution is 8.03. The van der Waals surface area contributed by atoms with Crippen molar-refractivity contribution in [3.8, 4) is 0 Å². The van der Waals surface area contributed by atoms with Crippen molar-refractivity contribution >= 4 is 26.3 Å². The van der Waals surface area contributed by atoms with Crippen molar-refractivity contribution in [1.29, 1.82) is 0 Å². The highest BCUT2D eigenvalue weighted by Gasteiger charge is 2.58. The summed E-state index contributed by atoms with van der Waals surface area (Å²) in [6, 6.07) is 0. The predicted octanol–water partition coefficient (Wildman–Crippen LogP) is 3.19. The monoisotopic (exact) mass is 517 g/mol. The molecule has 4 bridgehead atoms. The van der Waals surface area contributed by atoms with Crippen molar-refractivity contribution in [2.24, 2.45) is 23.2 Å². The summed E-state index contributed by atoms with van der Waals surface area (Å²) in [6.45, 7) is -1.49. The Morgan fingerprint density at radius 2 is 1.48 bits per heavy atom. The second kappa shape index (κ2) is 8.94. The fraction of sp³-hybridized carbons (Fsp3) is 0.950. The maximum Gasteiger partial charge on any atom is 0.393 e. The summed E-state index contributed by atoms with van der Waals surface area (Å²) < 4.78 is 101. The lowest BCUT2D eigenvalue weighted by atomic mass is 9.49. The van der Waals surface area contributed by atoms with Gasteiger partial charge in [-0.15, -0.1) is 0 Å². The molecule has 190 valence electrons. The van der Waals surface area contributed by atoms with Gasteiger partial charge in [0.2, 0.25) is 6.17 Å². The number of rotatable bonds is 9. The smallest absolute Gasteiger partial charge is 0.393 e. The van der Waals surface area contributed by atoms with Crippen molar-refractivity contribution in [3.63, 3.8) is 0 Å². The van der Waals surface area contributed by atoms with E-state index in [1.165, 1.54) is 0 Å². The Hall–Kier alpha value is -0.920. The Labute approximate surface area is 192 Å². The molecule has 33 heavy (non-hydrogen) atoms. The minimum atomic E-state index is -6.02. The Bertz CT molecular complexity index is 929. The van der Waals surface area contributed by atoms with E-state index in [0.717, 1.165) is 29.8 Å². The van der Waals surface area contributed by atoms with Gasteiger partial charge in [-0.1, -0.05) is 23.4 Å². The lowest BCUT2D eigenvalue weighted by Gasteiger charge is -2.55. The third-order valence-electron chi connectivity index (χ3n) is 7.58. The number of carbonyl (C=O) groups is 1. The molecule has 0 heterocycles. The predicted molar refractivity (Wildman–Crippen MR) is 110 cm³/mol. The van der Waals surface area contributed by atoms with Crippen molar-refractivity contribution in [2.75, 3.05) is 6.61 Å². The molecular formula is C20H30F3NO7S2. The van der Waals surface area contributed by atoms with Gasteiger partial charge in [0.1, 0.15) is 6.61 Å². The van der Waals surface area contributed by atoms with Crippen LogP contribution in [0.4, 0.5) is 13.2 Å². The zero-order valence-corrected chi connectivity index (χ0v) is 19.8. The molecule has 0 aromatic rings. The van der Waals surface area contributed by atoms with Gasteiger partial charge >= 0.3 is 21.5 Å². The first-order chi connectivity index (χ1) is 15.3. The van der Waals surface area contributed by atoms with Crippen LogP contribution < -0.4 is 4.13 Å². The van der Waals surface area contributed by atoms with E-state index in [2.05, 4.69) is 4.18 Å². The molecule has 5 rings (SSSR count). The molecule has 5 aliphatic carbocycles. The molecular weight excluding hydrogens is 487 g/mol. The van der Waals surface area contributed by atoms with Gasteiger partial charge in [0, 0.05) is 0 Å². The maximum atomic E-state index is 14.4. The van der Waals surface area contributed by atoms with Crippen LogP contribution in [0.25, 0.3) is 0 Å². The number of hydrogen-bond donors (Lipinski definition) is 1. The Balaban J connectivity index is 1.35. The number of sulfonamides is 1. The van der Waals surface area contributed by atoms with E-state index in [9.17, 15) is 34.8 Å². The molecule has 1 atom stereocenters. The van der Waals surface area contributed by atoms with Crippen LogP contribution in [0.2, 0.25) is 0 Å². The molecule has 0 spiro atoms. The van der Waals surface area contributed by atoms with E-state index in [0.29, 0.717) is 62.7 Å². The molecule has 8 nitrogen and oxygen atoms in total. The van der Waals surface area contributed by atoms with Crippen LogP contribution in [0.1, 0.15) is 70.6 Å². The molecule has 5 saturated carbocycles. The van der Waals surface area contributed by atoms with Crippen LogP contribution in [-0.4, -0.2) is 46.9 Å². The first-order valence-corrected chi connectivity index (χ1v) is 14.4. The van der Waals surface area contributed by atoms with Crippen LogP contribution >= 0.6 is 0 Å². The Morgan fingerprint density at radius 3 is 2.00 bits per heavy atom. The minimum Gasteiger partial charge on any atom is -0.462 e. The zero-order valence-electron chi connectivity index (χ0n) is 18.2. The number of esters is 1. The highest BCUT2D eigenvalue weighted by atomic mass is 32.3. The standard InChI is InChI=1S/C20H30F3NO7S2/c21-17(12-30-18(25)19-9-13-6-14(10-19)8-15(7-13)11-19)20(22,23)32(26,27)24-33(28,29)31-16-4-2-1-3-5-16/h13-17,24H,1-12H2. The summed E-state index contributed by atoms with van der Waals surface area (Å²) in [5, 5.41) is -5.16. The lowest BCUT2D eigenvalue weighted by Crippen LogP contribution is -2.52. The van der Waals surface area contributed by atoms with Gasteiger partial charge in [0.25, 0.3) is 10.0 Å². The molecule has 0 aromatic heterocycles. The third-order valence-corrected chi connectivity index (χ3v) is 10.8. The molecule has 1 N–H and O–H groups in total. The summed E-state index contributed by atoms with van der Waals surface area (Å²) in [5.74, 6) is 0.319. The van der Waals surface area contributed by atoms with Gasteiger partial charge in [-0.05, 0) is 69.1 Å². The van der Waals surface area contributed by atoms with Gasteiger partial charge in [0.05, 0.1) is 11.5 Å². The van der Waals surface area contributed by atoms with E-state index in [1.54, 1.807) is 0 Å². The van der Waals surface area contributed by atoms with Crippen LogP contribution in [0.3, 0.4) is 0 Å². The molecule has 1 unspecified atom stereocenters. The quantitative estimate of drug-likeness (QED) is 0.467. The number of carbonyl (C=O) groups excluding carboxylic acids is 1. The van der Waals surface area contributed by atoms with Crippen LogP contribution in [-0.2, 0) is 34.0 Å². The third kappa shape index (κ3) is 5.20. The van der Waals surface area contributed by atoms with E-state index in [4.69, 9.17) is 4.74 Å². The van der Waals surface area contributed by atoms with Crippen LogP contribution in [0, 0.1) is 23.2 Å². The summed E-state index contributed by atoms with van der Waals surface area (Å²) >= 11 is 0. The van der Waals surface area contributed by atoms with E-state index in [1.807, 2.05) is 0 Å². The second-order valence-electron chi connectivity index (χ2n) is 10.2. The maximum absolute atomic E-state index is 14.4. The SMILES string of the molecule is O=C(OCC(F)C(F)(F)S(=O)(=O)NS(=O)(=O)OC1CCCCC1)C12CC3CC(CC(C3)C1)C2. The lowest BCUT2D eigenvalue weighted by molar-refractivity contribution is -0.175. The Morgan fingerprint density at radius 1 is 0.970 bits per heavy atom. The molecule has 0 amide bonds. The molecule has 5 fully saturated rings. The first kappa shape index (κ1) is 25.2. The summed E-state index contributed by atoms with van der Waals surface area (Å²) in [4.78, 5) is 12.7. The number of hydrogen-bond acceptors (Lipinski definition) is 7. The largest absolute Gasteiger partial charge is 0.462 e. The van der Waals surface area contributed by atoms with Gasteiger partial charge in [-0.25, -0.2) is 12.8 Å². The molecule has 0 aliphatic heterocycles. The zero-order chi connectivity index (χ0) is 24.1. The molecule has 0 saturated heterocycles. The Kier molecular flexibility index (Phi) is 6.82. The van der Waals surface area contributed by atoms with Gasteiger partial charge in [0.15, 0.2) is 0 Å². The minimum absolute atomic E-state index is 0.337. The summed E-state index contributed by atoms with van der Waals surface area (Å²) in [7, 11) is -11.1. The summed E-state index contributed by atoms with van der Waals surface area (Å²) in [6.07, 6.45) is 3.36. The fourth-order valence-corrected chi connectivity index (χ4v) is 9.11. The van der Waals surface area contributed by atoms with Crippen LogP contribution in [0.5, 0.6) is 0 Å². The number of alkyl halides is 3. The van der Waals surface area contributed by atoms with Crippen molar-refractivity contribution in [1.82, 2.24) is 4.13 Å².